The van der Waals surface area contributed by atoms with Gasteiger partial charge in [-0.2, -0.15) is 0 Å². The number of nitrogens with zero attached hydrogens (tertiary/aromatic N) is 1. The lowest BCUT2D eigenvalue weighted by Gasteiger charge is -2.26. The number of aryl methyl sites for hydroxylation is 1. The van der Waals surface area contributed by atoms with Crippen LogP contribution in [0.4, 0.5) is 5.69 Å². The minimum absolute atomic E-state index is 0.0840. The summed E-state index contributed by atoms with van der Waals surface area (Å²) >= 11 is 1.86. The van der Waals surface area contributed by atoms with Crippen molar-refractivity contribution in [3.8, 4) is 0 Å². The minimum atomic E-state index is 0.0840. The summed E-state index contributed by atoms with van der Waals surface area (Å²) in [5.74, 6) is 0. The molecule has 0 amide bonds. The summed E-state index contributed by atoms with van der Waals surface area (Å²) in [6.07, 6.45) is 0. The van der Waals surface area contributed by atoms with Crippen LogP contribution in [0.15, 0.2) is 35.7 Å². The van der Waals surface area contributed by atoms with Gasteiger partial charge in [0.05, 0.1) is 0 Å². The molecule has 2 aromatic rings. The summed E-state index contributed by atoms with van der Waals surface area (Å²) in [4.78, 5) is 3.82. The normalized spacial score (nSPS) is 11.7. The number of thiophene rings is 1. The van der Waals surface area contributed by atoms with Crippen molar-refractivity contribution in [2.24, 2.45) is 0 Å². The zero-order valence-corrected chi connectivity index (χ0v) is 14.1. The van der Waals surface area contributed by atoms with E-state index in [0.717, 1.165) is 13.1 Å². The SMILES string of the molecule is CCN(CC)c1ccc(C(C)(C)c2cc(C)cs2)cc1. The molecule has 0 saturated carbocycles. The lowest BCUT2D eigenvalue weighted by molar-refractivity contribution is 0.655. The molecule has 0 bridgehead atoms. The molecule has 0 spiro atoms. The van der Waals surface area contributed by atoms with Crippen molar-refractivity contribution in [2.45, 2.75) is 40.0 Å². The molecule has 1 heterocycles. The highest BCUT2D eigenvalue weighted by Gasteiger charge is 2.24. The molecule has 0 N–H and O–H groups in total. The Bertz CT molecular complexity index is 547. The van der Waals surface area contributed by atoms with E-state index in [1.807, 2.05) is 11.3 Å². The maximum Gasteiger partial charge on any atom is 0.0366 e. The first-order valence-corrected chi connectivity index (χ1v) is 8.28. The van der Waals surface area contributed by atoms with Crippen LogP contribution >= 0.6 is 11.3 Å². The second-order valence-electron chi connectivity index (χ2n) is 5.83. The van der Waals surface area contributed by atoms with Crippen LogP contribution in [0.1, 0.15) is 43.7 Å². The summed E-state index contributed by atoms with van der Waals surface area (Å²) in [7, 11) is 0. The molecule has 0 atom stereocenters. The van der Waals surface area contributed by atoms with Gasteiger partial charge in [-0.05, 0) is 55.5 Å². The Hall–Kier alpha value is -1.28. The van der Waals surface area contributed by atoms with E-state index in [4.69, 9.17) is 0 Å². The lowest BCUT2D eigenvalue weighted by atomic mass is 9.83. The van der Waals surface area contributed by atoms with Crippen molar-refractivity contribution in [2.75, 3.05) is 18.0 Å². The number of benzene rings is 1. The molecule has 0 aliphatic heterocycles. The quantitative estimate of drug-likeness (QED) is 0.728. The predicted octanol–water partition coefficient (Wildman–Crippen LogP) is 5.23. The molecule has 1 nitrogen and oxygen atoms in total. The first-order valence-electron chi connectivity index (χ1n) is 7.40. The Labute approximate surface area is 127 Å². The number of hydrogen-bond acceptors (Lipinski definition) is 2. The van der Waals surface area contributed by atoms with E-state index >= 15 is 0 Å². The molecule has 2 heteroatoms. The molecule has 2 rings (SSSR count). The molecule has 20 heavy (non-hydrogen) atoms. The van der Waals surface area contributed by atoms with Gasteiger partial charge in [-0.25, -0.2) is 0 Å². The van der Waals surface area contributed by atoms with E-state index in [2.05, 4.69) is 75.2 Å². The average molecular weight is 287 g/mol. The van der Waals surface area contributed by atoms with Crippen LogP contribution in [0.3, 0.4) is 0 Å². The topological polar surface area (TPSA) is 3.24 Å². The van der Waals surface area contributed by atoms with E-state index in [1.165, 1.54) is 21.7 Å². The monoisotopic (exact) mass is 287 g/mol. The van der Waals surface area contributed by atoms with Gasteiger partial charge in [0, 0.05) is 29.1 Å². The van der Waals surface area contributed by atoms with Gasteiger partial charge < -0.3 is 4.90 Å². The molecular weight excluding hydrogens is 262 g/mol. The second kappa shape index (κ2) is 6.01. The molecule has 0 unspecified atom stereocenters. The Morgan fingerprint density at radius 2 is 1.65 bits per heavy atom. The van der Waals surface area contributed by atoms with Crippen LogP contribution in [0.5, 0.6) is 0 Å². The Kier molecular flexibility index (Phi) is 4.54. The van der Waals surface area contributed by atoms with Gasteiger partial charge in [-0.3, -0.25) is 0 Å². The third-order valence-electron chi connectivity index (χ3n) is 4.06. The van der Waals surface area contributed by atoms with Crippen molar-refractivity contribution in [1.82, 2.24) is 0 Å². The maximum absolute atomic E-state index is 2.38. The molecule has 0 fully saturated rings. The molecule has 1 aromatic carbocycles. The summed E-state index contributed by atoms with van der Waals surface area (Å²) in [6, 6.07) is 11.4. The van der Waals surface area contributed by atoms with Crippen LogP contribution in [0, 0.1) is 6.92 Å². The molecular formula is C18H25NS. The Balaban J connectivity index is 2.29. The van der Waals surface area contributed by atoms with E-state index < -0.39 is 0 Å². The van der Waals surface area contributed by atoms with E-state index in [0.29, 0.717) is 0 Å². The third kappa shape index (κ3) is 2.90. The van der Waals surface area contributed by atoms with Gasteiger partial charge in [0.15, 0.2) is 0 Å². The lowest BCUT2D eigenvalue weighted by Crippen LogP contribution is -2.22. The first kappa shape index (κ1) is 15.1. The number of anilines is 1. The summed E-state index contributed by atoms with van der Waals surface area (Å²) in [5, 5.41) is 2.24. The van der Waals surface area contributed by atoms with Crippen LogP contribution in [-0.4, -0.2) is 13.1 Å². The Morgan fingerprint density at radius 3 is 2.10 bits per heavy atom. The maximum atomic E-state index is 2.38. The third-order valence-corrected chi connectivity index (χ3v) is 5.44. The highest BCUT2D eigenvalue weighted by atomic mass is 32.1. The van der Waals surface area contributed by atoms with Gasteiger partial charge in [0.1, 0.15) is 0 Å². The fourth-order valence-corrected chi connectivity index (χ4v) is 3.63. The zero-order valence-electron chi connectivity index (χ0n) is 13.2. The molecule has 108 valence electrons. The van der Waals surface area contributed by atoms with E-state index in [1.54, 1.807) is 0 Å². The molecule has 0 aliphatic carbocycles. The summed E-state index contributed by atoms with van der Waals surface area (Å²) in [6.45, 7) is 13.3. The highest BCUT2D eigenvalue weighted by Crippen LogP contribution is 2.36. The predicted molar refractivity (Wildman–Crippen MR) is 91.2 cm³/mol. The van der Waals surface area contributed by atoms with Crippen LogP contribution in [-0.2, 0) is 5.41 Å². The smallest absolute Gasteiger partial charge is 0.0366 e. The first-order chi connectivity index (χ1) is 9.48. The molecule has 0 aliphatic rings. The molecule has 0 radical (unpaired) electrons. The number of hydrogen-bond donors (Lipinski definition) is 0. The van der Waals surface area contributed by atoms with Gasteiger partial charge in [-0.15, -0.1) is 11.3 Å². The largest absolute Gasteiger partial charge is 0.372 e. The fourth-order valence-electron chi connectivity index (χ4n) is 2.58. The highest BCUT2D eigenvalue weighted by molar-refractivity contribution is 7.10. The van der Waals surface area contributed by atoms with Crippen LogP contribution in [0.2, 0.25) is 0 Å². The fraction of sp³-hybridized carbons (Fsp3) is 0.444. The molecule has 1 aromatic heterocycles. The van der Waals surface area contributed by atoms with Crippen LogP contribution < -0.4 is 4.90 Å². The zero-order chi connectivity index (χ0) is 14.8. The second-order valence-corrected chi connectivity index (χ2v) is 6.74. The number of rotatable bonds is 5. The van der Waals surface area contributed by atoms with Crippen molar-refractivity contribution >= 4 is 17.0 Å². The summed E-state index contributed by atoms with van der Waals surface area (Å²) < 4.78 is 0. The van der Waals surface area contributed by atoms with Gasteiger partial charge >= 0.3 is 0 Å². The van der Waals surface area contributed by atoms with E-state index in [9.17, 15) is 0 Å². The van der Waals surface area contributed by atoms with Crippen LogP contribution in [0.25, 0.3) is 0 Å². The van der Waals surface area contributed by atoms with Crippen molar-refractivity contribution in [3.05, 3.63) is 51.7 Å². The van der Waals surface area contributed by atoms with Crippen molar-refractivity contribution < 1.29 is 0 Å². The standard InChI is InChI=1S/C18H25NS/c1-6-19(7-2)16-10-8-15(9-11-16)18(4,5)17-12-14(3)13-20-17/h8-13H,6-7H2,1-5H3. The average Bonchev–Trinajstić information content (AvgIpc) is 2.88. The van der Waals surface area contributed by atoms with E-state index in [-0.39, 0.29) is 5.41 Å². The summed E-state index contributed by atoms with van der Waals surface area (Å²) in [5.41, 5.74) is 4.14. The van der Waals surface area contributed by atoms with Crippen molar-refractivity contribution in [3.63, 3.8) is 0 Å². The minimum Gasteiger partial charge on any atom is -0.372 e. The Morgan fingerprint density at radius 1 is 1.05 bits per heavy atom. The van der Waals surface area contributed by atoms with Gasteiger partial charge in [0.2, 0.25) is 0 Å². The van der Waals surface area contributed by atoms with Crippen molar-refractivity contribution in [1.29, 1.82) is 0 Å². The van der Waals surface area contributed by atoms with Gasteiger partial charge in [-0.1, -0.05) is 26.0 Å². The van der Waals surface area contributed by atoms with Gasteiger partial charge in [0.25, 0.3) is 0 Å². The molecule has 0 saturated heterocycles.